The van der Waals surface area contributed by atoms with Gasteiger partial charge in [-0.15, -0.1) is 5.10 Å². The minimum Gasteiger partial charge on any atom is -0.255 e. The summed E-state index contributed by atoms with van der Waals surface area (Å²) in [5.74, 6) is 0. The van der Waals surface area contributed by atoms with Crippen LogP contribution in [-0.2, 0) is 5.54 Å². The molecule has 184 valence electrons. The van der Waals surface area contributed by atoms with Crippen LogP contribution in [0, 0.1) is 6.92 Å². The Balaban J connectivity index is 1.70. The van der Waals surface area contributed by atoms with Crippen molar-refractivity contribution in [3.8, 4) is 0 Å². The summed E-state index contributed by atoms with van der Waals surface area (Å²) in [6.45, 7) is 4.38. The van der Waals surface area contributed by atoms with Gasteiger partial charge in [0.05, 0.1) is 16.9 Å². The number of anilines is 1. The number of hydrazone groups is 1. The molecule has 4 aromatic carbocycles. The molecular weight excluding hydrogens is 454 g/mol. The predicted molar refractivity (Wildman–Crippen MR) is 151 cm³/mol. The number of aryl methyl sites for hydroxylation is 1. The van der Waals surface area contributed by atoms with Crippen LogP contribution in [0.4, 0.5) is 5.69 Å². The molecule has 6 rings (SSSR count). The number of para-hydroxylation sites is 2. The van der Waals surface area contributed by atoms with E-state index < -0.39 is 5.54 Å². The van der Waals surface area contributed by atoms with Gasteiger partial charge in [0.25, 0.3) is 0 Å². The van der Waals surface area contributed by atoms with Crippen LogP contribution in [-0.4, -0.2) is 20.7 Å². The molecule has 0 amide bonds. The zero-order valence-electron chi connectivity index (χ0n) is 21.3. The molecule has 0 saturated carbocycles. The number of aromatic nitrogens is 3. The van der Waals surface area contributed by atoms with Crippen LogP contribution in [0.3, 0.4) is 0 Å². The number of hydrogen-bond acceptors (Lipinski definition) is 4. The van der Waals surface area contributed by atoms with Crippen molar-refractivity contribution in [1.82, 2.24) is 15.0 Å². The van der Waals surface area contributed by atoms with E-state index >= 15 is 0 Å². The quantitative estimate of drug-likeness (QED) is 0.243. The summed E-state index contributed by atoms with van der Waals surface area (Å²) in [5.41, 5.74) is 6.98. The molecule has 0 N–H and O–H groups in total. The monoisotopic (exact) mass is 485 g/mol. The molecule has 0 aliphatic carbocycles. The van der Waals surface area contributed by atoms with Crippen LogP contribution in [0.25, 0.3) is 11.0 Å². The van der Waals surface area contributed by atoms with Crippen LogP contribution in [0.1, 0.15) is 48.9 Å². The average molecular weight is 486 g/mol. The SMILES string of the molecule is CCCC[C@]1(n2nnc3ccccc32)C(c2ccccc2)=NN(c2ccccc2)[C@H]1c1ccc(C)cc1. The van der Waals surface area contributed by atoms with Gasteiger partial charge >= 0.3 is 0 Å². The number of hydrogen-bond donors (Lipinski definition) is 0. The molecule has 0 unspecified atom stereocenters. The van der Waals surface area contributed by atoms with E-state index in [1.807, 2.05) is 12.1 Å². The Morgan fingerprint density at radius 1 is 0.784 bits per heavy atom. The molecular formula is C32H31N5. The highest BCUT2D eigenvalue weighted by molar-refractivity contribution is 6.09. The zero-order chi connectivity index (χ0) is 25.2. The Kier molecular flexibility index (Phi) is 6.05. The second-order valence-corrected chi connectivity index (χ2v) is 9.83. The fourth-order valence-corrected chi connectivity index (χ4v) is 5.63. The van der Waals surface area contributed by atoms with Gasteiger partial charge in [0.15, 0.2) is 0 Å². The van der Waals surface area contributed by atoms with Crippen LogP contribution in [0.5, 0.6) is 0 Å². The van der Waals surface area contributed by atoms with Gasteiger partial charge in [-0.05, 0) is 43.2 Å². The number of rotatable bonds is 7. The summed E-state index contributed by atoms with van der Waals surface area (Å²) >= 11 is 0. The van der Waals surface area contributed by atoms with Gasteiger partial charge in [-0.3, -0.25) is 5.01 Å². The first kappa shape index (κ1) is 23.2. The van der Waals surface area contributed by atoms with Crippen molar-refractivity contribution >= 4 is 22.4 Å². The van der Waals surface area contributed by atoms with Crippen molar-refractivity contribution < 1.29 is 0 Å². The lowest BCUT2D eigenvalue weighted by molar-refractivity contribution is 0.285. The number of nitrogens with zero attached hydrogens (tertiary/aromatic N) is 5. The van der Waals surface area contributed by atoms with Gasteiger partial charge in [0, 0.05) is 5.56 Å². The second kappa shape index (κ2) is 9.66. The summed E-state index contributed by atoms with van der Waals surface area (Å²) in [6.07, 6.45) is 2.99. The topological polar surface area (TPSA) is 46.3 Å². The van der Waals surface area contributed by atoms with Gasteiger partial charge < -0.3 is 0 Å². The van der Waals surface area contributed by atoms with E-state index in [-0.39, 0.29) is 6.04 Å². The lowest BCUT2D eigenvalue weighted by Crippen LogP contribution is -2.48. The van der Waals surface area contributed by atoms with Crippen molar-refractivity contribution in [2.45, 2.75) is 44.7 Å². The van der Waals surface area contributed by atoms with Crippen molar-refractivity contribution in [1.29, 1.82) is 0 Å². The maximum atomic E-state index is 5.44. The molecule has 1 aromatic heterocycles. The molecule has 0 saturated heterocycles. The summed E-state index contributed by atoms with van der Waals surface area (Å²) in [5, 5.41) is 17.1. The molecule has 0 radical (unpaired) electrons. The molecule has 1 aliphatic heterocycles. The van der Waals surface area contributed by atoms with Crippen molar-refractivity contribution in [2.75, 3.05) is 5.01 Å². The Hall–Kier alpha value is -4.25. The van der Waals surface area contributed by atoms with Gasteiger partial charge in [-0.2, -0.15) is 5.10 Å². The molecule has 0 spiro atoms. The Morgan fingerprint density at radius 3 is 2.19 bits per heavy atom. The highest BCUT2D eigenvalue weighted by Gasteiger charge is 2.55. The Labute approximate surface area is 218 Å². The van der Waals surface area contributed by atoms with Gasteiger partial charge in [-0.25, -0.2) is 4.68 Å². The van der Waals surface area contributed by atoms with E-state index in [1.165, 1.54) is 11.1 Å². The molecule has 37 heavy (non-hydrogen) atoms. The molecule has 2 heterocycles. The first-order valence-electron chi connectivity index (χ1n) is 13.1. The number of fused-ring (bicyclic) bond motifs is 1. The largest absolute Gasteiger partial charge is 0.255 e. The second-order valence-electron chi connectivity index (χ2n) is 9.83. The van der Waals surface area contributed by atoms with E-state index in [4.69, 9.17) is 10.3 Å². The van der Waals surface area contributed by atoms with Crippen LogP contribution >= 0.6 is 0 Å². The van der Waals surface area contributed by atoms with Crippen LogP contribution in [0.2, 0.25) is 0 Å². The van der Waals surface area contributed by atoms with Gasteiger partial charge in [0.2, 0.25) is 0 Å². The average Bonchev–Trinajstić information content (AvgIpc) is 3.54. The minimum atomic E-state index is -0.571. The molecule has 0 fully saturated rings. The third kappa shape index (κ3) is 3.91. The summed E-state index contributed by atoms with van der Waals surface area (Å²) in [6, 6.07) is 38.1. The van der Waals surface area contributed by atoms with E-state index in [9.17, 15) is 0 Å². The van der Waals surface area contributed by atoms with E-state index in [1.54, 1.807) is 0 Å². The van der Waals surface area contributed by atoms with Crippen molar-refractivity contribution in [2.24, 2.45) is 5.10 Å². The summed E-state index contributed by atoms with van der Waals surface area (Å²) < 4.78 is 2.16. The number of unbranched alkanes of at least 4 members (excludes halogenated alkanes) is 1. The molecule has 1 aliphatic rings. The van der Waals surface area contributed by atoms with Gasteiger partial charge in [0.1, 0.15) is 17.1 Å². The lowest BCUT2D eigenvalue weighted by atomic mass is 9.75. The van der Waals surface area contributed by atoms with Crippen LogP contribution in [0.15, 0.2) is 114 Å². The molecule has 5 nitrogen and oxygen atoms in total. The van der Waals surface area contributed by atoms with Crippen molar-refractivity contribution in [3.63, 3.8) is 0 Å². The van der Waals surface area contributed by atoms with Gasteiger partial charge in [-0.1, -0.05) is 115 Å². The normalized spacial score (nSPS) is 19.4. The third-order valence-electron chi connectivity index (χ3n) is 7.42. The minimum absolute atomic E-state index is 0.109. The third-order valence-corrected chi connectivity index (χ3v) is 7.42. The molecule has 2 atom stereocenters. The van der Waals surface area contributed by atoms with Crippen LogP contribution < -0.4 is 5.01 Å². The molecule has 5 heteroatoms. The first-order valence-corrected chi connectivity index (χ1v) is 13.1. The lowest BCUT2D eigenvalue weighted by Gasteiger charge is -2.39. The Morgan fingerprint density at radius 2 is 1.46 bits per heavy atom. The Bertz CT molecular complexity index is 1520. The van der Waals surface area contributed by atoms with E-state index in [0.717, 1.165) is 47.3 Å². The van der Waals surface area contributed by atoms with E-state index in [0.29, 0.717) is 0 Å². The van der Waals surface area contributed by atoms with E-state index in [2.05, 4.69) is 126 Å². The standard InChI is InChI=1S/C32H31N5/c1-3-4-23-32(37-29-18-12-11-17-28(29)33-35-37)30(25-13-7-5-8-14-25)34-36(27-15-9-6-10-16-27)31(32)26-21-19-24(2)20-22-26/h5-22,31H,3-4,23H2,1-2H3/t31-,32-/m0/s1. The van der Waals surface area contributed by atoms with Crippen molar-refractivity contribution in [3.05, 3.63) is 126 Å². The fourth-order valence-electron chi connectivity index (χ4n) is 5.63. The maximum Gasteiger partial charge on any atom is 0.136 e. The molecule has 0 bridgehead atoms. The number of benzene rings is 4. The summed E-state index contributed by atoms with van der Waals surface area (Å²) in [7, 11) is 0. The first-order chi connectivity index (χ1) is 18.2. The highest BCUT2D eigenvalue weighted by Crippen LogP contribution is 2.51. The molecule has 5 aromatic rings. The smallest absolute Gasteiger partial charge is 0.136 e. The zero-order valence-corrected chi connectivity index (χ0v) is 21.3. The highest BCUT2D eigenvalue weighted by atomic mass is 15.6. The predicted octanol–water partition coefficient (Wildman–Crippen LogP) is 7.29. The fraction of sp³-hybridized carbons (Fsp3) is 0.219. The summed E-state index contributed by atoms with van der Waals surface area (Å²) in [4.78, 5) is 0. The maximum absolute atomic E-state index is 5.44.